The van der Waals surface area contributed by atoms with Crippen molar-refractivity contribution in [3.63, 3.8) is 0 Å². The summed E-state index contributed by atoms with van der Waals surface area (Å²) in [6.45, 7) is 4.56. The molecule has 2 N–H and O–H groups in total. The van der Waals surface area contributed by atoms with Gasteiger partial charge in [-0.25, -0.2) is 0 Å². The van der Waals surface area contributed by atoms with E-state index in [1.807, 2.05) is 38.2 Å². The topological polar surface area (TPSA) is 84.2 Å². The van der Waals surface area contributed by atoms with Crippen molar-refractivity contribution in [3.05, 3.63) is 53.9 Å². The van der Waals surface area contributed by atoms with E-state index in [9.17, 15) is 14.7 Å². The van der Waals surface area contributed by atoms with Gasteiger partial charge in [0.15, 0.2) is 0 Å². The Morgan fingerprint density at radius 3 is 2.62 bits per heavy atom. The van der Waals surface area contributed by atoms with Crippen LogP contribution in [0.5, 0.6) is 0 Å². The maximum absolute atomic E-state index is 12.5. The van der Waals surface area contributed by atoms with Gasteiger partial charge in [-0.2, -0.15) is 5.10 Å². The molecule has 1 atom stereocenters. The van der Waals surface area contributed by atoms with Crippen LogP contribution in [0.1, 0.15) is 36.2 Å². The summed E-state index contributed by atoms with van der Waals surface area (Å²) in [6.07, 6.45) is 4.05. The smallest absolute Gasteiger partial charge is 0.308 e. The van der Waals surface area contributed by atoms with E-state index in [1.165, 1.54) is 0 Å². The number of aliphatic carboxylic acids is 1. The predicted octanol–water partition coefficient (Wildman–Crippen LogP) is 2.41. The molecule has 128 valence electrons. The summed E-state index contributed by atoms with van der Waals surface area (Å²) >= 11 is 0. The van der Waals surface area contributed by atoms with Gasteiger partial charge in [-0.3, -0.25) is 14.3 Å². The van der Waals surface area contributed by atoms with E-state index in [2.05, 4.69) is 10.4 Å². The molecule has 1 amide bonds. The number of hydrogen-bond donors (Lipinski definition) is 2. The van der Waals surface area contributed by atoms with Crippen molar-refractivity contribution in [1.82, 2.24) is 15.1 Å². The Balaban J connectivity index is 2.05. The minimum absolute atomic E-state index is 0.127. The average Bonchev–Trinajstić information content (AvgIpc) is 3.04. The predicted molar refractivity (Wildman–Crippen MR) is 90.7 cm³/mol. The van der Waals surface area contributed by atoms with E-state index < -0.39 is 11.9 Å². The molecule has 1 aromatic heterocycles. The van der Waals surface area contributed by atoms with Crippen molar-refractivity contribution in [2.45, 2.75) is 26.8 Å². The van der Waals surface area contributed by atoms with Crippen LogP contribution in [0.3, 0.4) is 0 Å². The highest BCUT2D eigenvalue weighted by atomic mass is 16.4. The monoisotopic (exact) mass is 329 g/mol. The second kappa shape index (κ2) is 8.29. The van der Waals surface area contributed by atoms with Crippen LogP contribution in [-0.4, -0.2) is 33.3 Å². The van der Waals surface area contributed by atoms with Gasteiger partial charge >= 0.3 is 5.97 Å². The molecule has 24 heavy (non-hydrogen) atoms. The molecule has 1 unspecified atom stereocenters. The van der Waals surface area contributed by atoms with Crippen molar-refractivity contribution >= 4 is 11.9 Å². The number of aromatic nitrogens is 2. The summed E-state index contributed by atoms with van der Waals surface area (Å²) < 4.78 is 1.74. The first-order chi connectivity index (χ1) is 11.5. The number of hydrogen-bond acceptors (Lipinski definition) is 3. The van der Waals surface area contributed by atoms with Crippen molar-refractivity contribution in [2.75, 3.05) is 6.54 Å². The molecule has 6 heteroatoms. The summed E-state index contributed by atoms with van der Waals surface area (Å²) in [4.78, 5) is 23.8. The van der Waals surface area contributed by atoms with E-state index >= 15 is 0 Å². The van der Waals surface area contributed by atoms with Crippen molar-refractivity contribution in [1.29, 1.82) is 0 Å². The van der Waals surface area contributed by atoms with Gasteiger partial charge in [-0.05, 0) is 30.0 Å². The Hall–Kier alpha value is -2.63. The zero-order valence-corrected chi connectivity index (χ0v) is 14.0. The van der Waals surface area contributed by atoms with Crippen LogP contribution in [0.2, 0.25) is 0 Å². The normalized spacial score (nSPS) is 12.1. The minimum Gasteiger partial charge on any atom is -0.481 e. The lowest BCUT2D eigenvalue weighted by Crippen LogP contribution is -2.34. The number of amides is 1. The molecule has 6 nitrogen and oxygen atoms in total. The van der Waals surface area contributed by atoms with E-state index in [0.717, 1.165) is 5.56 Å². The lowest BCUT2D eigenvalue weighted by molar-refractivity contribution is -0.142. The molecular weight excluding hydrogens is 306 g/mol. The first kappa shape index (κ1) is 17.7. The molecule has 0 fully saturated rings. The second-order valence-electron chi connectivity index (χ2n) is 6.24. The molecule has 0 aliphatic carbocycles. The van der Waals surface area contributed by atoms with Crippen LogP contribution in [-0.2, 0) is 11.3 Å². The van der Waals surface area contributed by atoms with Gasteiger partial charge in [0.05, 0.1) is 12.5 Å². The molecular formula is C18H23N3O3. The van der Waals surface area contributed by atoms with Gasteiger partial charge in [0, 0.05) is 24.5 Å². The maximum atomic E-state index is 12.5. The molecule has 1 aromatic carbocycles. The zero-order valence-electron chi connectivity index (χ0n) is 14.0. The molecule has 2 rings (SSSR count). The van der Waals surface area contributed by atoms with Crippen molar-refractivity contribution < 1.29 is 14.7 Å². The number of carbonyl (C=O) groups is 2. The number of carbonyl (C=O) groups excluding carboxylic acids is 1. The molecule has 0 radical (unpaired) electrons. The Bertz CT molecular complexity index is 681. The molecule has 0 saturated carbocycles. The van der Waals surface area contributed by atoms with E-state index in [1.54, 1.807) is 23.0 Å². The van der Waals surface area contributed by atoms with Crippen LogP contribution in [0, 0.1) is 11.8 Å². The number of nitrogens with one attached hydrogen (secondary N) is 1. The standard InChI is InChI=1S/C18H23N3O3/c1-13(2)10-15(18(23)24)11-19-17(22)16-7-4-3-6-14(16)12-21-9-5-8-20-21/h3-9,13,15H,10-12H2,1-2H3,(H,19,22)(H,23,24). The largest absolute Gasteiger partial charge is 0.481 e. The first-order valence-electron chi connectivity index (χ1n) is 8.03. The van der Waals surface area contributed by atoms with Crippen molar-refractivity contribution in [3.8, 4) is 0 Å². The van der Waals surface area contributed by atoms with Gasteiger partial charge < -0.3 is 10.4 Å². The molecule has 0 aliphatic rings. The number of benzene rings is 1. The molecule has 1 heterocycles. The average molecular weight is 329 g/mol. The first-order valence-corrected chi connectivity index (χ1v) is 8.03. The fourth-order valence-electron chi connectivity index (χ4n) is 2.60. The van der Waals surface area contributed by atoms with Crippen molar-refractivity contribution in [2.24, 2.45) is 11.8 Å². The van der Waals surface area contributed by atoms with Crippen LogP contribution in [0.15, 0.2) is 42.7 Å². The van der Waals surface area contributed by atoms with E-state index in [-0.39, 0.29) is 18.4 Å². The summed E-state index contributed by atoms with van der Waals surface area (Å²) in [5.41, 5.74) is 1.39. The quantitative estimate of drug-likeness (QED) is 0.779. The second-order valence-corrected chi connectivity index (χ2v) is 6.24. The number of nitrogens with zero attached hydrogens (tertiary/aromatic N) is 2. The summed E-state index contributed by atoms with van der Waals surface area (Å²) in [5.74, 6) is -1.45. The number of rotatable bonds is 8. The van der Waals surface area contributed by atoms with Gasteiger partial charge in [0.1, 0.15) is 0 Å². The van der Waals surface area contributed by atoms with Crippen LogP contribution in [0.25, 0.3) is 0 Å². The summed E-state index contributed by atoms with van der Waals surface area (Å²) in [7, 11) is 0. The fraction of sp³-hybridized carbons (Fsp3) is 0.389. The maximum Gasteiger partial charge on any atom is 0.308 e. The van der Waals surface area contributed by atoms with E-state index in [4.69, 9.17) is 0 Å². The van der Waals surface area contributed by atoms with Crippen LogP contribution >= 0.6 is 0 Å². The third kappa shape index (κ3) is 4.94. The molecule has 0 aliphatic heterocycles. The van der Waals surface area contributed by atoms with Gasteiger partial charge in [-0.15, -0.1) is 0 Å². The lowest BCUT2D eigenvalue weighted by Gasteiger charge is -2.16. The lowest BCUT2D eigenvalue weighted by atomic mass is 9.97. The highest BCUT2D eigenvalue weighted by Gasteiger charge is 2.20. The Morgan fingerprint density at radius 2 is 2.00 bits per heavy atom. The van der Waals surface area contributed by atoms with Crippen LogP contribution < -0.4 is 5.32 Å². The van der Waals surface area contributed by atoms with Gasteiger partial charge in [0.2, 0.25) is 0 Å². The van der Waals surface area contributed by atoms with Crippen LogP contribution in [0.4, 0.5) is 0 Å². The zero-order chi connectivity index (χ0) is 17.5. The minimum atomic E-state index is -0.881. The molecule has 2 aromatic rings. The third-order valence-electron chi connectivity index (χ3n) is 3.77. The fourth-order valence-corrected chi connectivity index (χ4v) is 2.60. The Kier molecular flexibility index (Phi) is 6.12. The highest BCUT2D eigenvalue weighted by molar-refractivity contribution is 5.95. The number of carboxylic acids is 1. The van der Waals surface area contributed by atoms with Gasteiger partial charge in [-0.1, -0.05) is 32.0 Å². The Morgan fingerprint density at radius 1 is 1.25 bits per heavy atom. The summed E-state index contributed by atoms with van der Waals surface area (Å²) in [5, 5.41) is 16.2. The summed E-state index contributed by atoms with van der Waals surface area (Å²) in [6, 6.07) is 9.11. The van der Waals surface area contributed by atoms with E-state index in [0.29, 0.717) is 18.5 Å². The molecule has 0 saturated heterocycles. The molecule has 0 bridgehead atoms. The number of carboxylic acid groups (broad SMARTS) is 1. The highest BCUT2D eigenvalue weighted by Crippen LogP contribution is 2.13. The van der Waals surface area contributed by atoms with Gasteiger partial charge in [0.25, 0.3) is 5.91 Å². The molecule has 0 spiro atoms. The SMILES string of the molecule is CC(C)CC(CNC(=O)c1ccccc1Cn1cccn1)C(=O)O. The Labute approximate surface area is 141 Å². The third-order valence-corrected chi connectivity index (χ3v) is 3.77.